The van der Waals surface area contributed by atoms with Gasteiger partial charge in [0, 0.05) is 23.1 Å². The van der Waals surface area contributed by atoms with E-state index in [1.165, 1.54) is 6.08 Å². The van der Waals surface area contributed by atoms with Crippen LogP contribution in [0.4, 0.5) is 4.39 Å². The molecule has 3 unspecified atom stereocenters. The van der Waals surface area contributed by atoms with Crippen LogP contribution in [0.3, 0.4) is 0 Å². The smallest absolute Gasteiger partial charge is 0.343 e. The van der Waals surface area contributed by atoms with E-state index in [9.17, 15) is 19.1 Å². The molecule has 4 heterocycles. The molecule has 0 aromatic carbocycles. The second-order valence-electron chi connectivity index (χ2n) is 9.37. The van der Waals surface area contributed by atoms with Crippen molar-refractivity contribution in [2.24, 2.45) is 22.6 Å². The van der Waals surface area contributed by atoms with Gasteiger partial charge in [-0.15, -0.1) is 0 Å². The Balaban J connectivity index is 1.62. The van der Waals surface area contributed by atoms with E-state index in [1.807, 2.05) is 6.92 Å². The first-order valence-electron chi connectivity index (χ1n) is 11.1. The number of rotatable bonds is 1. The zero-order chi connectivity index (χ0) is 22.5. The highest BCUT2D eigenvalue weighted by Crippen LogP contribution is 2.51. The Bertz CT molecular complexity index is 1300. The van der Waals surface area contributed by atoms with E-state index in [4.69, 9.17) is 15.5 Å². The fourth-order valence-corrected chi connectivity index (χ4v) is 6.11. The van der Waals surface area contributed by atoms with Crippen molar-refractivity contribution in [1.82, 2.24) is 4.57 Å². The minimum atomic E-state index is -1.88. The summed E-state index contributed by atoms with van der Waals surface area (Å²) in [7, 11) is 0. The molecule has 0 radical (unpaired) electrons. The Morgan fingerprint density at radius 2 is 2.16 bits per heavy atom. The van der Waals surface area contributed by atoms with E-state index in [0.29, 0.717) is 23.6 Å². The Morgan fingerprint density at radius 3 is 2.91 bits per heavy atom. The fourth-order valence-electron chi connectivity index (χ4n) is 6.11. The van der Waals surface area contributed by atoms with Gasteiger partial charge in [-0.25, -0.2) is 9.18 Å². The number of aromatic nitrogens is 1. The van der Waals surface area contributed by atoms with Crippen molar-refractivity contribution in [2.45, 2.75) is 57.9 Å². The second kappa shape index (κ2) is 6.36. The molecule has 166 valence electrons. The van der Waals surface area contributed by atoms with Gasteiger partial charge in [-0.2, -0.15) is 0 Å². The molecule has 2 aliphatic carbocycles. The van der Waals surface area contributed by atoms with Crippen molar-refractivity contribution in [3.63, 3.8) is 0 Å². The number of hydrogen-bond donors (Lipinski definition) is 2. The van der Waals surface area contributed by atoms with Gasteiger partial charge in [0.1, 0.15) is 12.4 Å². The molecule has 7 nitrogen and oxygen atoms in total. The second-order valence-corrected chi connectivity index (χ2v) is 9.37. The van der Waals surface area contributed by atoms with Crippen LogP contribution in [0, 0.1) is 11.8 Å². The predicted octanol–water partition coefficient (Wildman–Crippen LogP) is 2.11. The number of aliphatic hydroxyl groups is 1. The van der Waals surface area contributed by atoms with Crippen LogP contribution in [-0.2, 0) is 28.3 Å². The van der Waals surface area contributed by atoms with Gasteiger partial charge >= 0.3 is 5.97 Å². The van der Waals surface area contributed by atoms with Crippen LogP contribution in [0.25, 0.3) is 0 Å². The van der Waals surface area contributed by atoms with Crippen LogP contribution in [0.1, 0.15) is 49.9 Å². The Labute approximate surface area is 183 Å². The summed E-state index contributed by atoms with van der Waals surface area (Å²) in [5.41, 5.74) is 9.35. The number of carbonyl (C=O) groups excluding carboxylic acids is 1. The monoisotopic (exact) mass is 437 g/mol. The number of carbonyl (C=O) groups is 1. The van der Waals surface area contributed by atoms with E-state index in [2.05, 4.69) is 0 Å². The van der Waals surface area contributed by atoms with Crippen LogP contribution in [0.5, 0.6) is 0 Å². The number of ether oxygens (including phenoxy) is 1. The SMILES string of the molecule is CC[C@@]1(O)C(=O)OCc2c1cc1n(c2=O)CC2=C3C(N)CCC4C(C)=C(F)C=C(N=C21)C34. The van der Waals surface area contributed by atoms with Crippen LogP contribution in [0.2, 0.25) is 0 Å². The van der Waals surface area contributed by atoms with E-state index in [1.54, 1.807) is 17.6 Å². The third-order valence-corrected chi connectivity index (χ3v) is 7.93. The molecule has 1 aromatic heterocycles. The van der Waals surface area contributed by atoms with Crippen molar-refractivity contribution >= 4 is 11.7 Å². The summed E-state index contributed by atoms with van der Waals surface area (Å²) >= 11 is 0. The van der Waals surface area contributed by atoms with E-state index in [0.717, 1.165) is 29.6 Å². The number of dihydropyridines is 1. The third kappa shape index (κ3) is 2.29. The number of halogens is 1. The first-order valence-corrected chi connectivity index (χ1v) is 11.1. The maximum atomic E-state index is 14.7. The summed E-state index contributed by atoms with van der Waals surface area (Å²) in [6, 6.07) is 1.49. The highest BCUT2D eigenvalue weighted by atomic mass is 19.1. The minimum Gasteiger partial charge on any atom is -0.458 e. The molecule has 0 bridgehead atoms. The number of allylic oxidation sites excluding steroid dienone is 5. The van der Waals surface area contributed by atoms with Gasteiger partial charge in [0.15, 0.2) is 5.60 Å². The summed E-state index contributed by atoms with van der Waals surface area (Å²) in [6.07, 6.45) is 3.10. The molecule has 3 aliphatic heterocycles. The first-order chi connectivity index (χ1) is 15.3. The fraction of sp³-hybridized carbons (Fsp3) is 0.458. The van der Waals surface area contributed by atoms with Crippen molar-refractivity contribution in [3.8, 4) is 0 Å². The quantitative estimate of drug-likeness (QED) is 0.655. The molecule has 6 rings (SSSR count). The van der Waals surface area contributed by atoms with E-state index in [-0.39, 0.29) is 53.4 Å². The molecule has 5 aliphatic rings. The molecule has 4 atom stereocenters. The molecule has 0 saturated heterocycles. The number of aliphatic imine (C=N–C) groups is 1. The zero-order valence-corrected chi connectivity index (χ0v) is 17.9. The highest BCUT2D eigenvalue weighted by molar-refractivity contribution is 6.15. The average Bonchev–Trinajstić information content (AvgIpc) is 3.14. The largest absolute Gasteiger partial charge is 0.458 e. The summed E-state index contributed by atoms with van der Waals surface area (Å²) in [5.74, 6) is -1.07. The van der Waals surface area contributed by atoms with E-state index >= 15 is 0 Å². The minimum absolute atomic E-state index is 0.0208. The lowest BCUT2D eigenvalue weighted by molar-refractivity contribution is -0.172. The number of cyclic esters (lactones) is 1. The van der Waals surface area contributed by atoms with Gasteiger partial charge in [-0.1, -0.05) is 6.92 Å². The van der Waals surface area contributed by atoms with Gasteiger partial charge in [0.2, 0.25) is 0 Å². The van der Waals surface area contributed by atoms with Gasteiger partial charge in [-0.05, 0) is 55.4 Å². The molecule has 1 aromatic rings. The molecular weight excluding hydrogens is 413 g/mol. The van der Waals surface area contributed by atoms with Gasteiger partial charge in [-0.3, -0.25) is 9.79 Å². The lowest BCUT2D eigenvalue weighted by atomic mass is 9.64. The first kappa shape index (κ1) is 19.8. The lowest BCUT2D eigenvalue weighted by Crippen LogP contribution is -2.44. The molecule has 3 N–H and O–H groups in total. The number of nitrogens with zero attached hydrogens (tertiary/aromatic N) is 2. The highest BCUT2D eigenvalue weighted by Gasteiger charge is 2.48. The number of pyridine rings is 1. The van der Waals surface area contributed by atoms with Crippen LogP contribution in [-0.4, -0.2) is 27.4 Å². The number of fused-ring (bicyclic) bond motifs is 4. The molecular formula is C24H24FN3O4. The normalized spacial score (nSPS) is 32.5. The Kier molecular flexibility index (Phi) is 3.94. The summed E-state index contributed by atoms with van der Waals surface area (Å²) in [5, 5.41) is 11.0. The van der Waals surface area contributed by atoms with Gasteiger partial charge in [0.25, 0.3) is 5.56 Å². The summed E-state index contributed by atoms with van der Waals surface area (Å²) < 4.78 is 21.4. The maximum Gasteiger partial charge on any atom is 0.343 e. The topological polar surface area (TPSA) is 107 Å². The molecule has 0 spiro atoms. The zero-order valence-electron chi connectivity index (χ0n) is 17.9. The standard InChI is InChI=1S/C24H24FN3O4/c1-3-24(31)14-6-18-21-12(8-28(18)22(29)13(14)9-32-23(24)30)19-16(26)5-4-11-10(2)15(25)7-17(27-21)20(11)19/h6-7,11,16,20,31H,3-5,8-9,26H2,1-2H3/t11?,16?,20?,24-/m0/s1. The molecule has 0 amide bonds. The van der Waals surface area contributed by atoms with Crippen LogP contribution >= 0.6 is 0 Å². The molecule has 8 heteroatoms. The molecule has 1 saturated carbocycles. The van der Waals surface area contributed by atoms with Crippen LogP contribution in [0.15, 0.2) is 50.2 Å². The Morgan fingerprint density at radius 1 is 1.38 bits per heavy atom. The van der Waals surface area contributed by atoms with Crippen molar-refractivity contribution in [3.05, 3.63) is 67.6 Å². The summed E-state index contributed by atoms with van der Waals surface area (Å²) in [6.45, 7) is 3.65. The van der Waals surface area contributed by atoms with Crippen molar-refractivity contribution in [1.29, 1.82) is 0 Å². The lowest BCUT2D eigenvalue weighted by Gasteiger charge is -2.43. The van der Waals surface area contributed by atoms with Gasteiger partial charge in [0.05, 0.1) is 29.2 Å². The number of nitrogens with two attached hydrogens (primary N) is 1. The summed E-state index contributed by atoms with van der Waals surface area (Å²) in [4.78, 5) is 30.6. The molecule has 1 fully saturated rings. The van der Waals surface area contributed by atoms with Crippen molar-refractivity contribution in [2.75, 3.05) is 0 Å². The third-order valence-electron chi connectivity index (χ3n) is 7.93. The van der Waals surface area contributed by atoms with E-state index < -0.39 is 11.6 Å². The Hall–Kier alpha value is -2.84. The number of hydrogen-bond acceptors (Lipinski definition) is 6. The van der Waals surface area contributed by atoms with Gasteiger partial charge < -0.3 is 20.1 Å². The number of esters is 1. The van der Waals surface area contributed by atoms with Crippen LogP contribution < -0.4 is 11.3 Å². The average molecular weight is 437 g/mol. The predicted molar refractivity (Wildman–Crippen MR) is 114 cm³/mol. The molecule has 32 heavy (non-hydrogen) atoms. The maximum absolute atomic E-state index is 14.7. The van der Waals surface area contributed by atoms with Crippen molar-refractivity contribution < 1.29 is 19.0 Å².